The number of aliphatic hydroxyl groups excluding tert-OH is 2. The Kier molecular flexibility index (Phi) is 18.3. The van der Waals surface area contributed by atoms with Crippen molar-refractivity contribution in [1.82, 2.24) is 0 Å². The zero-order valence-corrected chi connectivity index (χ0v) is 36.4. The first-order valence-corrected chi connectivity index (χ1v) is 23.0. The number of rotatable bonds is 22. The van der Waals surface area contributed by atoms with Gasteiger partial charge in [0.25, 0.3) is 0 Å². The molecule has 2 aliphatic rings. The molecule has 13 heteroatoms. The molecule has 0 aliphatic carbocycles. The van der Waals surface area contributed by atoms with Crippen LogP contribution in [0.5, 0.6) is 0 Å². The SMILES string of the molecule is CCCCCC(O)c1ccc(N2C(=O)CCC2COCc2ccc(C(=O)O)s2)cc1.CCCCC[C@H](O)c1ccc(N2C(=O)CC[C@@H]2CCCc2ccc(C(=O)O)s2)cc1. The number of unbranched alkanes of at least 4 members (excludes halogenated alkanes) is 4. The first kappa shape index (κ1) is 46.7. The fraction of sp³-hybridized carbons (Fsp3) is 0.489. The van der Waals surface area contributed by atoms with Crippen molar-refractivity contribution in [2.75, 3.05) is 16.4 Å². The molecule has 0 radical (unpaired) electrons. The minimum atomic E-state index is -0.933. The monoisotopic (exact) mass is 860 g/mol. The van der Waals surface area contributed by atoms with Gasteiger partial charge < -0.3 is 35.0 Å². The normalized spacial score (nSPS) is 17.5. The Labute approximate surface area is 361 Å². The molecule has 4 N–H and O–H groups in total. The average Bonchev–Trinajstić information content (AvgIpc) is 4.07. The largest absolute Gasteiger partial charge is 0.477 e. The van der Waals surface area contributed by atoms with Crippen molar-refractivity contribution in [3.05, 3.63) is 103 Å². The Morgan fingerprint density at radius 2 is 1.12 bits per heavy atom. The lowest BCUT2D eigenvalue weighted by Crippen LogP contribution is -2.36. The van der Waals surface area contributed by atoms with E-state index in [2.05, 4.69) is 13.8 Å². The highest BCUT2D eigenvalue weighted by Gasteiger charge is 2.33. The van der Waals surface area contributed by atoms with Gasteiger partial charge in [0, 0.05) is 40.0 Å². The Morgan fingerprint density at radius 1 is 0.650 bits per heavy atom. The van der Waals surface area contributed by atoms with E-state index in [0.717, 1.165) is 116 Å². The summed E-state index contributed by atoms with van der Waals surface area (Å²) in [5.41, 5.74) is 3.50. The van der Waals surface area contributed by atoms with Crippen molar-refractivity contribution in [3.8, 4) is 0 Å². The third-order valence-electron chi connectivity index (χ3n) is 11.2. The number of carbonyl (C=O) groups is 4. The van der Waals surface area contributed by atoms with Crippen molar-refractivity contribution >= 4 is 57.8 Å². The molecular formula is C47H60N2O9S2. The van der Waals surface area contributed by atoms with Crippen LogP contribution >= 0.6 is 22.7 Å². The molecule has 0 spiro atoms. The summed E-state index contributed by atoms with van der Waals surface area (Å²) in [7, 11) is 0. The van der Waals surface area contributed by atoms with Crippen LogP contribution in [-0.4, -0.2) is 62.9 Å². The van der Waals surface area contributed by atoms with Gasteiger partial charge in [-0.05, 0) is 105 Å². The van der Waals surface area contributed by atoms with Crippen LogP contribution in [0.15, 0.2) is 72.8 Å². The lowest BCUT2D eigenvalue weighted by Gasteiger charge is -2.25. The number of aryl methyl sites for hydroxylation is 1. The second kappa shape index (κ2) is 23.6. The standard InChI is InChI=1S/C24H31NO4S.C23H29NO5S/c1-2-3-4-8-21(26)17-9-11-19(12-10-17)25-18(13-16-23(25)27)6-5-7-20-14-15-22(30-20)24(28)29;1-2-3-4-5-20(25)16-6-8-17(9-7-16)24-18(10-13-22(24)26)14-29-15-19-11-12-21(30-19)23(27)28/h9-12,14-15,18,21,26H,2-8,13,16H2,1H3,(H,28,29);6-9,11-12,18,20,25H,2-5,10,13-15H2,1H3,(H,27,28)/t18-,21-;/m0./s1. The van der Waals surface area contributed by atoms with Crippen LogP contribution in [0.25, 0.3) is 0 Å². The molecule has 4 heterocycles. The molecule has 60 heavy (non-hydrogen) atoms. The van der Waals surface area contributed by atoms with E-state index < -0.39 is 24.1 Å². The third-order valence-corrected chi connectivity index (χ3v) is 13.4. The van der Waals surface area contributed by atoms with E-state index in [0.29, 0.717) is 35.8 Å². The average molecular weight is 861 g/mol. The summed E-state index contributed by atoms with van der Waals surface area (Å²) in [5.74, 6) is -1.58. The van der Waals surface area contributed by atoms with Crippen LogP contribution in [0.1, 0.15) is 156 Å². The van der Waals surface area contributed by atoms with Gasteiger partial charge in [0.2, 0.25) is 11.8 Å². The lowest BCUT2D eigenvalue weighted by atomic mass is 10.0. The number of carboxylic acids is 2. The number of carbonyl (C=O) groups excluding carboxylic acids is 2. The van der Waals surface area contributed by atoms with Gasteiger partial charge in [-0.15, -0.1) is 22.7 Å². The maximum atomic E-state index is 12.5. The van der Waals surface area contributed by atoms with Gasteiger partial charge in [0.1, 0.15) is 9.75 Å². The van der Waals surface area contributed by atoms with E-state index >= 15 is 0 Å². The molecule has 324 valence electrons. The number of hydrogen-bond acceptors (Lipinski definition) is 9. The molecule has 2 fully saturated rings. The van der Waals surface area contributed by atoms with Crippen molar-refractivity contribution in [1.29, 1.82) is 0 Å². The number of nitrogens with zero attached hydrogens (tertiary/aromatic N) is 2. The summed E-state index contributed by atoms with van der Waals surface area (Å²) in [4.78, 5) is 53.2. The number of amides is 2. The van der Waals surface area contributed by atoms with Gasteiger partial charge >= 0.3 is 11.9 Å². The highest BCUT2D eigenvalue weighted by atomic mass is 32.1. The number of aromatic carboxylic acids is 2. The zero-order chi connectivity index (χ0) is 43.0. The van der Waals surface area contributed by atoms with Crippen LogP contribution in [0.4, 0.5) is 11.4 Å². The Hall–Kier alpha value is -4.40. The summed E-state index contributed by atoms with van der Waals surface area (Å²) in [5, 5.41) is 38.7. The lowest BCUT2D eigenvalue weighted by molar-refractivity contribution is -0.118. The predicted octanol–water partition coefficient (Wildman–Crippen LogP) is 10.4. The molecule has 11 nitrogen and oxygen atoms in total. The minimum absolute atomic E-state index is 0.0447. The number of thiophene rings is 2. The summed E-state index contributed by atoms with van der Waals surface area (Å²) in [6.45, 7) is 5.02. The zero-order valence-electron chi connectivity index (χ0n) is 34.8. The molecule has 2 aliphatic heterocycles. The topological polar surface area (TPSA) is 165 Å². The Bertz CT molecular complexity index is 1830. The molecule has 6 rings (SSSR count). The first-order chi connectivity index (χ1) is 29.0. The van der Waals surface area contributed by atoms with Gasteiger partial charge in [-0.25, -0.2) is 9.59 Å². The minimum Gasteiger partial charge on any atom is -0.477 e. The van der Waals surface area contributed by atoms with Crippen LogP contribution in [-0.2, 0) is 27.4 Å². The maximum Gasteiger partial charge on any atom is 0.345 e. The van der Waals surface area contributed by atoms with Gasteiger partial charge in [0.05, 0.1) is 31.5 Å². The number of anilines is 2. The number of aliphatic hydroxyl groups is 2. The van der Waals surface area contributed by atoms with Crippen LogP contribution in [0, 0.1) is 0 Å². The number of benzene rings is 2. The van der Waals surface area contributed by atoms with Crippen LogP contribution < -0.4 is 9.80 Å². The van der Waals surface area contributed by atoms with Gasteiger partial charge in [-0.3, -0.25) is 9.59 Å². The molecule has 2 unspecified atom stereocenters. The summed E-state index contributed by atoms with van der Waals surface area (Å²) in [6, 6.07) is 22.4. The molecule has 0 saturated carbocycles. The molecular weight excluding hydrogens is 801 g/mol. The number of carboxylic acid groups (broad SMARTS) is 2. The fourth-order valence-electron chi connectivity index (χ4n) is 7.86. The van der Waals surface area contributed by atoms with Crippen molar-refractivity contribution < 1.29 is 44.3 Å². The van der Waals surface area contributed by atoms with Crippen molar-refractivity contribution in [3.63, 3.8) is 0 Å². The van der Waals surface area contributed by atoms with Gasteiger partial charge in [-0.1, -0.05) is 76.6 Å². The van der Waals surface area contributed by atoms with E-state index in [1.165, 1.54) is 22.7 Å². The highest BCUT2D eigenvalue weighted by molar-refractivity contribution is 7.14. The van der Waals surface area contributed by atoms with Crippen molar-refractivity contribution in [2.24, 2.45) is 0 Å². The van der Waals surface area contributed by atoms with E-state index in [1.54, 1.807) is 23.1 Å². The summed E-state index contributed by atoms with van der Waals surface area (Å²) in [6.07, 6.45) is 12.4. The molecule has 2 aromatic carbocycles. The van der Waals surface area contributed by atoms with Crippen molar-refractivity contribution in [2.45, 2.75) is 141 Å². The van der Waals surface area contributed by atoms with Crippen LogP contribution in [0.2, 0.25) is 0 Å². The first-order valence-electron chi connectivity index (χ1n) is 21.4. The van der Waals surface area contributed by atoms with E-state index in [4.69, 9.17) is 14.9 Å². The van der Waals surface area contributed by atoms with E-state index in [-0.39, 0.29) is 23.9 Å². The molecule has 4 aromatic rings. The van der Waals surface area contributed by atoms with Gasteiger partial charge in [-0.2, -0.15) is 0 Å². The predicted molar refractivity (Wildman–Crippen MR) is 237 cm³/mol. The molecule has 2 amide bonds. The second-order valence-electron chi connectivity index (χ2n) is 15.7. The highest BCUT2D eigenvalue weighted by Crippen LogP contribution is 2.33. The van der Waals surface area contributed by atoms with E-state index in [1.807, 2.05) is 59.5 Å². The number of hydrogen-bond donors (Lipinski definition) is 4. The molecule has 0 bridgehead atoms. The number of ether oxygens (including phenoxy) is 1. The maximum absolute atomic E-state index is 12.5. The summed E-state index contributed by atoms with van der Waals surface area (Å²) >= 11 is 2.53. The van der Waals surface area contributed by atoms with Gasteiger partial charge in [0.15, 0.2) is 0 Å². The second-order valence-corrected chi connectivity index (χ2v) is 18.0. The Morgan fingerprint density at radius 3 is 1.60 bits per heavy atom. The van der Waals surface area contributed by atoms with Crippen LogP contribution in [0.3, 0.4) is 0 Å². The fourth-order valence-corrected chi connectivity index (χ4v) is 9.53. The van der Waals surface area contributed by atoms with E-state index in [9.17, 15) is 29.4 Å². The molecule has 4 atom stereocenters. The molecule has 2 aromatic heterocycles. The molecule has 2 saturated heterocycles. The Balaban J connectivity index is 0.000000228. The summed E-state index contributed by atoms with van der Waals surface area (Å²) < 4.78 is 5.80. The smallest absolute Gasteiger partial charge is 0.345 e. The quantitative estimate of drug-likeness (QED) is 0.0563. The third kappa shape index (κ3) is 13.3.